The van der Waals surface area contributed by atoms with Gasteiger partial charge in [-0.1, -0.05) is 0 Å². The van der Waals surface area contributed by atoms with Crippen molar-refractivity contribution in [3.05, 3.63) is 29.6 Å². The molecule has 2 rings (SSSR count). The van der Waals surface area contributed by atoms with Gasteiger partial charge >= 0.3 is 5.97 Å². The van der Waals surface area contributed by atoms with Crippen molar-refractivity contribution >= 4 is 11.9 Å². The van der Waals surface area contributed by atoms with E-state index in [4.69, 9.17) is 5.11 Å². The molecule has 0 aliphatic carbocycles. The fourth-order valence-electron chi connectivity index (χ4n) is 2.14. The molecule has 2 N–H and O–H groups in total. The van der Waals surface area contributed by atoms with Crippen molar-refractivity contribution in [3.63, 3.8) is 0 Å². The number of hydrogen-bond acceptors (Lipinski definition) is 4. The molecule has 96 valence electrons. The minimum Gasteiger partial charge on any atom is -0.480 e. The first-order valence-corrected chi connectivity index (χ1v) is 5.63. The van der Waals surface area contributed by atoms with E-state index in [0.29, 0.717) is 11.1 Å². The molecular formula is C12H14N2O4. The third-order valence-electron chi connectivity index (χ3n) is 3.08. The number of aliphatic hydroxyl groups excluding tert-OH is 1. The Balaban J connectivity index is 2.28. The number of carbonyl (C=O) groups excluding carboxylic acids is 1. The predicted octanol–water partition coefficient (Wildman–Crippen LogP) is 0.0500. The number of aryl methyl sites for hydroxylation is 1. The minimum absolute atomic E-state index is 0.0531. The molecule has 1 aromatic rings. The van der Waals surface area contributed by atoms with E-state index in [1.807, 2.05) is 0 Å². The summed E-state index contributed by atoms with van der Waals surface area (Å²) >= 11 is 0. The zero-order valence-electron chi connectivity index (χ0n) is 9.91. The smallest absolute Gasteiger partial charge is 0.326 e. The molecule has 6 nitrogen and oxygen atoms in total. The summed E-state index contributed by atoms with van der Waals surface area (Å²) in [5, 5.41) is 18.6. The number of aliphatic hydroxyl groups is 1. The van der Waals surface area contributed by atoms with Crippen LogP contribution in [0.2, 0.25) is 0 Å². The van der Waals surface area contributed by atoms with Crippen LogP contribution in [0.15, 0.2) is 18.5 Å². The number of β-amino-alcohol motifs (C(OH)–C–C–N with tert-alkyl or cyclic N) is 1. The summed E-state index contributed by atoms with van der Waals surface area (Å²) in [4.78, 5) is 28.4. The zero-order chi connectivity index (χ0) is 13.3. The molecule has 1 saturated heterocycles. The summed E-state index contributed by atoms with van der Waals surface area (Å²) < 4.78 is 0. The van der Waals surface area contributed by atoms with Gasteiger partial charge in [0, 0.05) is 30.9 Å². The van der Waals surface area contributed by atoms with Crippen molar-refractivity contribution in [2.24, 2.45) is 0 Å². The van der Waals surface area contributed by atoms with E-state index in [0.717, 1.165) is 0 Å². The Kier molecular flexibility index (Phi) is 3.29. The number of aromatic nitrogens is 1. The van der Waals surface area contributed by atoms with Gasteiger partial charge in [0.2, 0.25) is 0 Å². The number of hydrogen-bond donors (Lipinski definition) is 2. The fourth-order valence-corrected chi connectivity index (χ4v) is 2.14. The topological polar surface area (TPSA) is 90.7 Å². The third-order valence-corrected chi connectivity index (χ3v) is 3.08. The van der Waals surface area contributed by atoms with Crippen LogP contribution in [-0.4, -0.2) is 50.7 Å². The van der Waals surface area contributed by atoms with Gasteiger partial charge in [0.1, 0.15) is 6.04 Å². The van der Waals surface area contributed by atoms with Crippen LogP contribution in [0.4, 0.5) is 0 Å². The summed E-state index contributed by atoms with van der Waals surface area (Å²) in [6.45, 7) is 1.79. The largest absolute Gasteiger partial charge is 0.480 e. The normalized spacial score (nSPS) is 23.1. The molecule has 0 radical (unpaired) electrons. The Morgan fingerprint density at radius 1 is 1.50 bits per heavy atom. The molecule has 0 bridgehead atoms. The second-order valence-electron chi connectivity index (χ2n) is 4.39. The van der Waals surface area contributed by atoms with Gasteiger partial charge in [-0.25, -0.2) is 4.79 Å². The van der Waals surface area contributed by atoms with Gasteiger partial charge in [-0.15, -0.1) is 0 Å². The van der Waals surface area contributed by atoms with Crippen molar-refractivity contribution < 1.29 is 19.8 Å². The molecule has 1 aliphatic rings. The summed E-state index contributed by atoms with van der Waals surface area (Å²) in [5.41, 5.74) is 1.11. The second kappa shape index (κ2) is 4.73. The average molecular weight is 250 g/mol. The zero-order valence-corrected chi connectivity index (χ0v) is 9.91. The lowest BCUT2D eigenvalue weighted by atomic mass is 10.1. The second-order valence-corrected chi connectivity index (χ2v) is 4.39. The lowest BCUT2D eigenvalue weighted by molar-refractivity contribution is -0.141. The first-order chi connectivity index (χ1) is 8.50. The van der Waals surface area contributed by atoms with Crippen molar-refractivity contribution in [2.75, 3.05) is 6.54 Å². The van der Waals surface area contributed by atoms with Crippen LogP contribution in [0.25, 0.3) is 0 Å². The van der Waals surface area contributed by atoms with Gasteiger partial charge in [0.05, 0.1) is 6.10 Å². The summed E-state index contributed by atoms with van der Waals surface area (Å²) in [7, 11) is 0. The Hall–Kier alpha value is -1.95. The standard InChI is InChI=1S/C12H14N2O4/c1-7-5-13-3-2-9(7)11(16)14-6-8(15)4-10(14)12(17)18/h2-3,5,8,10,15H,4,6H2,1H3,(H,17,18). The highest BCUT2D eigenvalue weighted by molar-refractivity contribution is 5.98. The maximum atomic E-state index is 12.3. The van der Waals surface area contributed by atoms with E-state index in [-0.39, 0.29) is 18.9 Å². The van der Waals surface area contributed by atoms with Crippen LogP contribution in [0, 0.1) is 6.92 Å². The molecule has 18 heavy (non-hydrogen) atoms. The van der Waals surface area contributed by atoms with Crippen molar-refractivity contribution in [1.82, 2.24) is 9.88 Å². The Labute approximate surface area is 104 Å². The number of carbonyl (C=O) groups is 2. The van der Waals surface area contributed by atoms with E-state index in [1.165, 1.54) is 11.1 Å². The van der Waals surface area contributed by atoms with Crippen LogP contribution in [0.5, 0.6) is 0 Å². The fraction of sp³-hybridized carbons (Fsp3) is 0.417. The lowest BCUT2D eigenvalue weighted by Crippen LogP contribution is -2.40. The lowest BCUT2D eigenvalue weighted by Gasteiger charge is -2.21. The van der Waals surface area contributed by atoms with E-state index >= 15 is 0 Å². The number of pyridine rings is 1. The van der Waals surface area contributed by atoms with E-state index < -0.39 is 18.1 Å². The molecule has 0 spiro atoms. The van der Waals surface area contributed by atoms with Gasteiger partial charge < -0.3 is 15.1 Å². The number of likely N-dealkylation sites (tertiary alicyclic amines) is 1. The number of carboxylic acids is 1. The Bertz CT molecular complexity index is 489. The molecule has 2 unspecified atom stereocenters. The molecule has 0 saturated carbocycles. The molecular weight excluding hydrogens is 236 g/mol. The van der Waals surface area contributed by atoms with Gasteiger partial charge in [0.25, 0.3) is 5.91 Å². The van der Waals surface area contributed by atoms with Crippen molar-refractivity contribution in [2.45, 2.75) is 25.5 Å². The molecule has 1 aromatic heterocycles. The summed E-state index contributed by atoms with van der Waals surface area (Å²) in [6.07, 6.45) is 2.33. The molecule has 6 heteroatoms. The van der Waals surface area contributed by atoms with Gasteiger partial charge in [-0.2, -0.15) is 0 Å². The molecule has 1 fully saturated rings. The van der Waals surface area contributed by atoms with E-state index in [9.17, 15) is 14.7 Å². The average Bonchev–Trinajstić information content (AvgIpc) is 2.71. The Morgan fingerprint density at radius 2 is 2.22 bits per heavy atom. The molecule has 2 atom stereocenters. The van der Waals surface area contributed by atoms with Gasteiger partial charge in [0.15, 0.2) is 0 Å². The first kappa shape index (κ1) is 12.5. The number of rotatable bonds is 2. The quantitative estimate of drug-likeness (QED) is 0.774. The highest BCUT2D eigenvalue weighted by Gasteiger charge is 2.39. The minimum atomic E-state index is -1.09. The number of aliphatic carboxylic acids is 1. The molecule has 2 heterocycles. The van der Waals surface area contributed by atoms with Crippen LogP contribution in [0.1, 0.15) is 22.3 Å². The van der Waals surface area contributed by atoms with Crippen LogP contribution < -0.4 is 0 Å². The number of carboxylic acid groups (broad SMARTS) is 1. The SMILES string of the molecule is Cc1cnccc1C(=O)N1CC(O)CC1C(=O)O. The monoisotopic (exact) mass is 250 g/mol. The molecule has 0 aromatic carbocycles. The first-order valence-electron chi connectivity index (χ1n) is 5.63. The maximum absolute atomic E-state index is 12.3. The predicted molar refractivity (Wildman–Crippen MR) is 62.1 cm³/mol. The Morgan fingerprint density at radius 3 is 2.83 bits per heavy atom. The summed E-state index contributed by atoms with van der Waals surface area (Å²) in [6, 6.07) is 0.599. The van der Waals surface area contributed by atoms with E-state index in [1.54, 1.807) is 19.2 Å². The highest BCUT2D eigenvalue weighted by Crippen LogP contribution is 2.21. The van der Waals surface area contributed by atoms with Crippen LogP contribution in [0.3, 0.4) is 0 Å². The van der Waals surface area contributed by atoms with Crippen LogP contribution >= 0.6 is 0 Å². The highest BCUT2D eigenvalue weighted by atomic mass is 16.4. The van der Waals surface area contributed by atoms with E-state index in [2.05, 4.69) is 4.98 Å². The van der Waals surface area contributed by atoms with Crippen LogP contribution in [-0.2, 0) is 4.79 Å². The van der Waals surface area contributed by atoms with Gasteiger partial charge in [-0.05, 0) is 18.6 Å². The molecule has 1 aliphatic heterocycles. The van der Waals surface area contributed by atoms with Crippen molar-refractivity contribution in [3.8, 4) is 0 Å². The van der Waals surface area contributed by atoms with Gasteiger partial charge in [-0.3, -0.25) is 9.78 Å². The number of amides is 1. The third kappa shape index (κ3) is 2.19. The molecule has 1 amide bonds. The maximum Gasteiger partial charge on any atom is 0.326 e. The number of nitrogens with zero attached hydrogens (tertiary/aromatic N) is 2. The summed E-state index contributed by atoms with van der Waals surface area (Å²) in [5.74, 6) is -1.47. The van der Waals surface area contributed by atoms with Crippen molar-refractivity contribution in [1.29, 1.82) is 0 Å².